The van der Waals surface area contributed by atoms with Crippen LogP contribution in [0.2, 0.25) is 0 Å². The van der Waals surface area contributed by atoms with Crippen LogP contribution in [0.3, 0.4) is 0 Å². The Bertz CT molecular complexity index is 231. The monoisotopic (exact) mass is 165 g/mol. The zero-order valence-corrected chi connectivity index (χ0v) is 8.86. The molecule has 0 aliphatic rings. The molecule has 0 spiro atoms. The molecular formula is C11H19N. The molecule has 0 heterocycles. The topological polar surface area (TPSA) is 12.4 Å². The maximum Gasteiger partial charge on any atom is 0.0403 e. The molecule has 0 fully saturated rings. The zero-order chi connectivity index (χ0) is 9.72. The molecule has 0 saturated carbocycles. The van der Waals surface area contributed by atoms with Crippen LogP contribution in [0.5, 0.6) is 0 Å². The molecule has 0 rings (SSSR count). The summed E-state index contributed by atoms with van der Waals surface area (Å²) in [6, 6.07) is 0. The van der Waals surface area contributed by atoms with Gasteiger partial charge in [-0.1, -0.05) is 19.1 Å². The van der Waals surface area contributed by atoms with E-state index in [0.29, 0.717) is 0 Å². The van der Waals surface area contributed by atoms with Crippen molar-refractivity contribution < 1.29 is 0 Å². The van der Waals surface area contributed by atoms with Gasteiger partial charge in [0, 0.05) is 11.4 Å². The maximum atomic E-state index is 4.45. The largest absolute Gasteiger partial charge is 0.263 e. The van der Waals surface area contributed by atoms with Gasteiger partial charge in [0.1, 0.15) is 0 Å². The molecule has 0 aromatic rings. The van der Waals surface area contributed by atoms with Crippen molar-refractivity contribution >= 4 is 5.71 Å². The van der Waals surface area contributed by atoms with Gasteiger partial charge in [-0.05, 0) is 39.7 Å². The van der Waals surface area contributed by atoms with Gasteiger partial charge in [0.05, 0.1) is 0 Å². The Hall–Kier alpha value is -0.850. The van der Waals surface area contributed by atoms with Crippen LogP contribution in [0, 0.1) is 0 Å². The molecule has 0 saturated heterocycles. The summed E-state index contributed by atoms with van der Waals surface area (Å²) in [4.78, 5) is 4.45. The molecule has 0 aliphatic heterocycles. The van der Waals surface area contributed by atoms with Crippen molar-refractivity contribution in [2.24, 2.45) is 4.99 Å². The van der Waals surface area contributed by atoms with E-state index in [1.807, 2.05) is 13.8 Å². The number of hydrogen-bond donors (Lipinski definition) is 0. The van der Waals surface area contributed by atoms with E-state index >= 15 is 0 Å². The maximum absolute atomic E-state index is 4.45. The first kappa shape index (κ1) is 11.2. The van der Waals surface area contributed by atoms with E-state index < -0.39 is 0 Å². The Balaban J connectivity index is 4.69. The van der Waals surface area contributed by atoms with E-state index in [0.717, 1.165) is 17.7 Å². The van der Waals surface area contributed by atoms with Gasteiger partial charge in [-0.15, -0.1) is 0 Å². The van der Waals surface area contributed by atoms with E-state index in [1.165, 1.54) is 11.3 Å². The second kappa shape index (κ2) is 4.91. The molecular weight excluding hydrogens is 146 g/mol. The fraction of sp³-hybridized carbons (Fsp3) is 0.545. The summed E-state index contributed by atoms with van der Waals surface area (Å²) in [5.41, 5.74) is 4.55. The highest BCUT2D eigenvalue weighted by atomic mass is 14.7. The predicted molar refractivity (Wildman–Crippen MR) is 56.6 cm³/mol. The lowest BCUT2D eigenvalue weighted by Crippen LogP contribution is -1.90. The van der Waals surface area contributed by atoms with Crippen molar-refractivity contribution in [3.63, 3.8) is 0 Å². The molecule has 0 aliphatic carbocycles. The van der Waals surface area contributed by atoms with Crippen LogP contribution in [0.1, 0.15) is 41.0 Å². The lowest BCUT2D eigenvalue weighted by Gasteiger charge is -2.03. The van der Waals surface area contributed by atoms with Gasteiger partial charge in [-0.25, -0.2) is 0 Å². The Morgan fingerprint density at radius 1 is 1.17 bits per heavy atom. The van der Waals surface area contributed by atoms with Crippen LogP contribution < -0.4 is 0 Å². The van der Waals surface area contributed by atoms with Crippen molar-refractivity contribution in [3.05, 3.63) is 23.4 Å². The minimum Gasteiger partial charge on any atom is -0.263 e. The molecule has 0 aromatic heterocycles. The van der Waals surface area contributed by atoms with E-state index in [-0.39, 0.29) is 0 Å². The highest BCUT2D eigenvalue weighted by molar-refractivity contribution is 5.82. The van der Waals surface area contributed by atoms with Crippen molar-refractivity contribution in [2.75, 3.05) is 0 Å². The third-order valence-electron chi connectivity index (χ3n) is 2.05. The van der Waals surface area contributed by atoms with Gasteiger partial charge >= 0.3 is 0 Å². The van der Waals surface area contributed by atoms with Crippen molar-refractivity contribution in [2.45, 2.75) is 41.0 Å². The first-order valence-electron chi connectivity index (χ1n) is 4.36. The smallest absolute Gasteiger partial charge is 0.0403 e. The van der Waals surface area contributed by atoms with Crippen molar-refractivity contribution in [1.29, 1.82) is 0 Å². The minimum absolute atomic E-state index is 1.01. The van der Waals surface area contributed by atoms with Crippen LogP contribution in [0.25, 0.3) is 0 Å². The van der Waals surface area contributed by atoms with E-state index in [1.54, 1.807) is 0 Å². The number of allylic oxidation sites excluding steroid dienone is 3. The summed E-state index contributed by atoms with van der Waals surface area (Å²) in [6.07, 6.45) is 1.01. The highest BCUT2D eigenvalue weighted by Crippen LogP contribution is 2.12. The molecule has 0 N–H and O–H groups in total. The van der Waals surface area contributed by atoms with Crippen LogP contribution in [0.4, 0.5) is 0 Å². The lowest BCUT2D eigenvalue weighted by molar-refractivity contribution is 1.15. The number of nitrogens with zero attached hydrogens (tertiary/aromatic N) is 1. The Morgan fingerprint density at radius 3 is 2.00 bits per heavy atom. The van der Waals surface area contributed by atoms with Gasteiger partial charge in [-0.3, -0.25) is 4.99 Å². The highest BCUT2D eigenvalue weighted by Gasteiger charge is 1.95. The Labute approximate surface area is 75.9 Å². The van der Waals surface area contributed by atoms with E-state index in [2.05, 4.69) is 32.3 Å². The van der Waals surface area contributed by atoms with Gasteiger partial charge in [-0.2, -0.15) is 0 Å². The second-order valence-electron chi connectivity index (χ2n) is 3.19. The lowest BCUT2D eigenvalue weighted by atomic mass is 10.1. The van der Waals surface area contributed by atoms with Gasteiger partial charge in [0.15, 0.2) is 0 Å². The fourth-order valence-corrected chi connectivity index (χ4v) is 0.758. The van der Waals surface area contributed by atoms with Gasteiger partial charge in [0.25, 0.3) is 0 Å². The summed E-state index contributed by atoms with van der Waals surface area (Å²) < 4.78 is 0. The molecule has 0 amide bonds. The van der Waals surface area contributed by atoms with Crippen molar-refractivity contribution in [1.82, 2.24) is 0 Å². The first-order valence-corrected chi connectivity index (χ1v) is 4.36. The Kier molecular flexibility index (Phi) is 4.57. The molecule has 12 heavy (non-hydrogen) atoms. The molecule has 0 bridgehead atoms. The molecule has 0 atom stereocenters. The molecule has 0 aromatic carbocycles. The SMILES string of the molecule is C=C(C)/C(C)=C(C)\N=C(\C)CC. The van der Waals surface area contributed by atoms with Crippen LogP contribution >= 0.6 is 0 Å². The van der Waals surface area contributed by atoms with E-state index in [4.69, 9.17) is 0 Å². The summed E-state index contributed by atoms with van der Waals surface area (Å²) in [5.74, 6) is 0. The number of rotatable bonds is 3. The van der Waals surface area contributed by atoms with Crippen molar-refractivity contribution in [3.8, 4) is 0 Å². The summed E-state index contributed by atoms with van der Waals surface area (Å²) >= 11 is 0. The van der Waals surface area contributed by atoms with Crippen LogP contribution in [0.15, 0.2) is 28.4 Å². The minimum atomic E-state index is 1.01. The molecule has 68 valence electrons. The standard InChI is InChI=1S/C11H19N/c1-7-9(4)12-11(6)10(5)8(2)3/h2,7H2,1,3-6H3/b11-10-,12-9-. The van der Waals surface area contributed by atoms with Gasteiger partial charge in [0.2, 0.25) is 0 Å². The molecule has 0 unspecified atom stereocenters. The average molecular weight is 165 g/mol. The predicted octanol–water partition coefficient (Wildman–Crippen LogP) is 3.73. The average Bonchev–Trinajstić information content (AvgIpc) is 2.02. The number of hydrogen-bond acceptors (Lipinski definition) is 1. The van der Waals surface area contributed by atoms with Crippen LogP contribution in [-0.2, 0) is 0 Å². The third-order valence-corrected chi connectivity index (χ3v) is 2.05. The summed E-state index contributed by atoms with van der Waals surface area (Å²) in [6.45, 7) is 14.1. The second-order valence-corrected chi connectivity index (χ2v) is 3.19. The van der Waals surface area contributed by atoms with E-state index in [9.17, 15) is 0 Å². The quantitative estimate of drug-likeness (QED) is 0.446. The third kappa shape index (κ3) is 3.51. The molecule has 0 radical (unpaired) electrons. The normalized spacial score (nSPS) is 14.2. The zero-order valence-electron chi connectivity index (χ0n) is 8.86. The van der Waals surface area contributed by atoms with Crippen LogP contribution in [-0.4, -0.2) is 5.71 Å². The molecule has 1 nitrogen and oxygen atoms in total. The van der Waals surface area contributed by atoms with Gasteiger partial charge < -0.3 is 0 Å². The Morgan fingerprint density at radius 2 is 1.67 bits per heavy atom. The fourth-order valence-electron chi connectivity index (χ4n) is 0.758. The first-order chi connectivity index (χ1) is 5.49. The number of aliphatic imine (C=N–C) groups is 1. The summed E-state index contributed by atoms with van der Waals surface area (Å²) in [5, 5.41) is 0. The molecule has 1 heteroatoms. The summed E-state index contributed by atoms with van der Waals surface area (Å²) in [7, 11) is 0.